The van der Waals surface area contributed by atoms with Crippen LogP contribution in [0.5, 0.6) is 11.5 Å². The second kappa shape index (κ2) is 15.1. The van der Waals surface area contributed by atoms with Crippen LogP contribution >= 0.6 is 0 Å². The molecule has 1 heterocycles. The Morgan fingerprint density at radius 2 is 0.667 bits per heavy atom. The van der Waals surface area contributed by atoms with E-state index in [9.17, 15) is 0 Å². The molecule has 1 aliphatic carbocycles. The topological polar surface area (TPSA) is 12.5 Å². The van der Waals surface area contributed by atoms with Crippen LogP contribution in [0.4, 0.5) is 17.1 Å². The van der Waals surface area contributed by atoms with Crippen molar-refractivity contribution in [1.29, 1.82) is 0 Å². The van der Waals surface area contributed by atoms with Gasteiger partial charge in [-0.15, -0.1) is 0 Å². The van der Waals surface area contributed by atoms with Gasteiger partial charge >= 0.3 is 0 Å². The van der Waals surface area contributed by atoms with E-state index in [1.165, 1.54) is 55.6 Å². The normalized spacial score (nSPS) is 12.7. The highest BCUT2D eigenvalue weighted by Crippen LogP contribution is 2.62. The fraction of sp³-hybridized carbons (Fsp3) is 0.0164. The summed E-state index contributed by atoms with van der Waals surface area (Å²) < 4.78 is 6.90. The smallest absolute Gasteiger partial charge is 0.132 e. The summed E-state index contributed by atoms with van der Waals surface area (Å²) in [5, 5.41) is 0. The first kappa shape index (κ1) is 36.6. The molecule has 0 amide bonds. The Hall–Kier alpha value is -8.20. The molecule has 0 saturated heterocycles. The lowest BCUT2D eigenvalue weighted by molar-refractivity contribution is 0.436. The van der Waals surface area contributed by atoms with Crippen molar-refractivity contribution in [2.45, 2.75) is 5.41 Å². The summed E-state index contributed by atoms with van der Waals surface area (Å²) >= 11 is 0. The van der Waals surface area contributed by atoms with Gasteiger partial charge in [-0.05, 0) is 121 Å². The Kier molecular flexibility index (Phi) is 8.76. The van der Waals surface area contributed by atoms with Gasteiger partial charge in [-0.1, -0.05) is 194 Å². The highest BCUT2D eigenvalue weighted by atomic mass is 16.5. The van der Waals surface area contributed by atoms with E-state index < -0.39 is 5.41 Å². The molecule has 10 aromatic rings. The van der Waals surface area contributed by atoms with E-state index in [0.29, 0.717) is 0 Å². The molecule has 2 heteroatoms. The average molecular weight is 804 g/mol. The number of ether oxygens (including phenoxy) is 1. The number of fused-ring (bicyclic) bond motifs is 9. The van der Waals surface area contributed by atoms with Gasteiger partial charge in [-0.2, -0.15) is 0 Å². The van der Waals surface area contributed by atoms with E-state index in [1.807, 2.05) is 0 Å². The monoisotopic (exact) mass is 803 g/mol. The molecule has 1 aliphatic heterocycles. The minimum atomic E-state index is -0.494. The Morgan fingerprint density at radius 1 is 0.254 bits per heavy atom. The summed E-state index contributed by atoms with van der Waals surface area (Å²) in [4.78, 5) is 2.37. The van der Waals surface area contributed by atoms with Gasteiger partial charge in [0, 0.05) is 28.2 Å². The van der Waals surface area contributed by atoms with E-state index in [2.05, 4.69) is 254 Å². The molecule has 12 rings (SSSR count). The molecule has 10 aromatic carbocycles. The predicted molar refractivity (Wildman–Crippen MR) is 260 cm³/mol. The van der Waals surface area contributed by atoms with Crippen LogP contribution in [0.1, 0.15) is 22.3 Å². The molecule has 1 spiro atoms. The highest BCUT2D eigenvalue weighted by Gasteiger charge is 2.50. The van der Waals surface area contributed by atoms with Crippen LogP contribution in [0, 0.1) is 0 Å². The lowest BCUT2D eigenvalue weighted by Gasteiger charge is -2.39. The van der Waals surface area contributed by atoms with Crippen molar-refractivity contribution in [1.82, 2.24) is 0 Å². The fourth-order valence-corrected chi connectivity index (χ4v) is 10.1. The third-order valence-electron chi connectivity index (χ3n) is 12.9. The van der Waals surface area contributed by atoms with Crippen molar-refractivity contribution in [2.75, 3.05) is 4.90 Å². The second-order valence-corrected chi connectivity index (χ2v) is 16.4. The van der Waals surface area contributed by atoms with Crippen LogP contribution in [-0.4, -0.2) is 0 Å². The maximum absolute atomic E-state index is 6.90. The average Bonchev–Trinajstić information content (AvgIpc) is 3.65. The van der Waals surface area contributed by atoms with Gasteiger partial charge in [-0.3, -0.25) is 0 Å². The number of rotatable bonds is 7. The standard InChI is InChI=1S/C61H41NO/c1-3-16-42(17-4-1)44-32-35-50(36-33-44)62(51-24-14-22-47(39-51)46-21-13-20-45(38-46)43-18-5-2-6-19-43)52-25-15-23-48(40-52)49-34-37-58-60(41-49)63-59-31-12-11-30-57(59)61(58)55-28-9-7-26-53(55)54-27-8-10-29-56(54)61/h1-41H. The third kappa shape index (κ3) is 6.10. The largest absolute Gasteiger partial charge is 0.457 e. The molecule has 0 N–H and O–H groups in total. The molecule has 0 radical (unpaired) electrons. The first-order valence-electron chi connectivity index (χ1n) is 21.7. The van der Waals surface area contributed by atoms with Crippen molar-refractivity contribution >= 4 is 17.1 Å². The van der Waals surface area contributed by atoms with Crippen molar-refractivity contribution in [2.24, 2.45) is 0 Å². The van der Waals surface area contributed by atoms with Crippen LogP contribution in [0.15, 0.2) is 249 Å². The molecule has 0 bridgehead atoms. The van der Waals surface area contributed by atoms with Gasteiger partial charge in [0.25, 0.3) is 0 Å². The number of para-hydroxylation sites is 1. The molecule has 63 heavy (non-hydrogen) atoms. The minimum absolute atomic E-state index is 0.494. The van der Waals surface area contributed by atoms with Gasteiger partial charge in [0.1, 0.15) is 11.5 Å². The Morgan fingerprint density at radius 3 is 1.29 bits per heavy atom. The van der Waals surface area contributed by atoms with Gasteiger partial charge in [0.2, 0.25) is 0 Å². The minimum Gasteiger partial charge on any atom is -0.457 e. The van der Waals surface area contributed by atoms with Crippen LogP contribution in [0.2, 0.25) is 0 Å². The molecule has 0 fully saturated rings. The number of anilines is 3. The zero-order valence-electron chi connectivity index (χ0n) is 34.5. The molecular weight excluding hydrogens is 763 g/mol. The zero-order chi connectivity index (χ0) is 41.7. The molecular formula is C61H41NO. The lowest BCUT2D eigenvalue weighted by Crippen LogP contribution is -2.32. The van der Waals surface area contributed by atoms with Crippen molar-refractivity contribution in [3.05, 3.63) is 271 Å². The third-order valence-corrected chi connectivity index (χ3v) is 12.9. The van der Waals surface area contributed by atoms with E-state index >= 15 is 0 Å². The number of benzene rings is 10. The number of hydrogen-bond acceptors (Lipinski definition) is 2. The van der Waals surface area contributed by atoms with Crippen LogP contribution in [0.25, 0.3) is 55.6 Å². The van der Waals surface area contributed by atoms with E-state index in [4.69, 9.17) is 4.74 Å². The maximum atomic E-state index is 6.90. The van der Waals surface area contributed by atoms with E-state index in [0.717, 1.165) is 50.8 Å². The molecule has 296 valence electrons. The lowest BCUT2D eigenvalue weighted by atomic mass is 9.66. The van der Waals surface area contributed by atoms with Gasteiger partial charge in [0.05, 0.1) is 5.41 Å². The fourth-order valence-electron chi connectivity index (χ4n) is 10.1. The summed E-state index contributed by atoms with van der Waals surface area (Å²) in [5.74, 6) is 1.77. The maximum Gasteiger partial charge on any atom is 0.132 e. The Bertz CT molecular complexity index is 3270. The second-order valence-electron chi connectivity index (χ2n) is 16.4. The van der Waals surface area contributed by atoms with Crippen LogP contribution in [0.3, 0.4) is 0 Å². The SMILES string of the molecule is c1ccc(-c2ccc(N(c3cccc(-c4cccc(-c5ccccc5)c4)c3)c3cccc(-c4ccc5c(c4)Oc4ccccc4C54c5ccccc5-c5ccccc54)c3)cc2)cc1. The Labute approximate surface area is 368 Å². The number of nitrogens with zero attached hydrogens (tertiary/aromatic N) is 1. The van der Waals surface area contributed by atoms with Gasteiger partial charge in [-0.25, -0.2) is 0 Å². The molecule has 0 saturated carbocycles. The van der Waals surface area contributed by atoms with Gasteiger partial charge in [0.15, 0.2) is 0 Å². The Balaban J connectivity index is 0.978. The molecule has 0 aromatic heterocycles. The van der Waals surface area contributed by atoms with E-state index in [1.54, 1.807) is 0 Å². The summed E-state index contributed by atoms with van der Waals surface area (Å²) in [5.41, 5.74) is 19.5. The predicted octanol–water partition coefficient (Wildman–Crippen LogP) is 16.3. The summed E-state index contributed by atoms with van der Waals surface area (Å²) in [7, 11) is 0. The molecule has 2 nitrogen and oxygen atoms in total. The van der Waals surface area contributed by atoms with Crippen molar-refractivity contribution in [3.63, 3.8) is 0 Å². The van der Waals surface area contributed by atoms with Crippen molar-refractivity contribution in [3.8, 4) is 67.1 Å². The first-order chi connectivity index (χ1) is 31.2. The molecule has 2 aliphatic rings. The molecule has 0 unspecified atom stereocenters. The van der Waals surface area contributed by atoms with Gasteiger partial charge < -0.3 is 9.64 Å². The number of hydrogen-bond donors (Lipinski definition) is 0. The van der Waals surface area contributed by atoms with Crippen LogP contribution in [-0.2, 0) is 5.41 Å². The van der Waals surface area contributed by atoms with E-state index in [-0.39, 0.29) is 0 Å². The van der Waals surface area contributed by atoms with Crippen LogP contribution < -0.4 is 9.64 Å². The first-order valence-corrected chi connectivity index (χ1v) is 21.7. The highest BCUT2D eigenvalue weighted by molar-refractivity contribution is 5.90. The summed E-state index contributed by atoms with van der Waals surface area (Å²) in [6, 6.07) is 89.9. The molecule has 0 atom stereocenters. The van der Waals surface area contributed by atoms with Crippen molar-refractivity contribution < 1.29 is 4.74 Å². The summed E-state index contributed by atoms with van der Waals surface area (Å²) in [6.07, 6.45) is 0. The summed E-state index contributed by atoms with van der Waals surface area (Å²) in [6.45, 7) is 0. The zero-order valence-corrected chi connectivity index (χ0v) is 34.5. The quantitative estimate of drug-likeness (QED) is 0.159.